The van der Waals surface area contributed by atoms with Crippen molar-refractivity contribution in [1.82, 2.24) is 0 Å². The van der Waals surface area contributed by atoms with Crippen LogP contribution in [0.3, 0.4) is 0 Å². The predicted octanol–water partition coefficient (Wildman–Crippen LogP) is 1.02. The van der Waals surface area contributed by atoms with E-state index >= 15 is 0 Å². The van der Waals surface area contributed by atoms with Crippen molar-refractivity contribution in [3.05, 3.63) is 57.6 Å². The van der Waals surface area contributed by atoms with Gasteiger partial charge in [-0.15, -0.1) is 0 Å². The lowest BCUT2D eigenvalue weighted by Gasteiger charge is -2.23. The van der Waals surface area contributed by atoms with Crippen LogP contribution in [0.5, 0.6) is 0 Å². The highest BCUT2D eigenvalue weighted by molar-refractivity contribution is 6.34. The van der Waals surface area contributed by atoms with Gasteiger partial charge in [0.25, 0.3) is 0 Å². The van der Waals surface area contributed by atoms with E-state index in [4.69, 9.17) is 11.5 Å². The molecule has 24 heavy (non-hydrogen) atoms. The second-order valence-corrected chi connectivity index (χ2v) is 5.14. The summed E-state index contributed by atoms with van der Waals surface area (Å²) in [5.41, 5.74) is 7.91. The first-order valence-electron chi connectivity index (χ1n) is 6.67. The number of carboxylic acids is 2. The Kier molecular flexibility index (Phi) is 3.12. The van der Waals surface area contributed by atoms with Crippen LogP contribution in [0.1, 0.15) is 52.6 Å². The molecule has 8 heteroatoms. The van der Waals surface area contributed by atoms with E-state index in [0.717, 1.165) is 0 Å². The molecule has 0 spiro atoms. The summed E-state index contributed by atoms with van der Waals surface area (Å²) < 4.78 is 0. The molecule has 0 saturated carbocycles. The molecule has 0 aromatic heterocycles. The zero-order valence-electron chi connectivity index (χ0n) is 12.0. The third-order valence-electron chi connectivity index (χ3n) is 3.88. The van der Waals surface area contributed by atoms with Crippen molar-refractivity contribution in [3.63, 3.8) is 0 Å². The summed E-state index contributed by atoms with van der Waals surface area (Å²) in [6, 6.07) is 5.81. The van der Waals surface area contributed by atoms with Crippen molar-refractivity contribution in [1.29, 1.82) is 0 Å². The highest BCUT2D eigenvalue weighted by Crippen LogP contribution is 2.39. The Balaban J connectivity index is 2.54. The van der Waals surface area contributed by atoms with E-state index in [-0.39, 0.29) is 16.7 Å². The number of rotatable bonds is 2. The number of anilines is 2. The van der Waals surface area contributed by atoms with Gasteiger partial charge in [0.05, 0.1) is 33.6 Å². The summed E-state index contributed by atoms with van der Waals surface area (Å²) in [6.07, 6.45) is 0. The van der Waals surface area contributed by atoms with Gasteiger partial charge >= 0.3 is 11.9 Å². The minimum atomic E-state index is -1.68. The molecular formula is C16H10N2O6. The molecule has 0 heterocycles. The number of carbonyl (C=O) groups excluding carboxylic acids is 2. The molecule has 0 saturated heterocycles. The number of benzene rings is 2. The van der Waals surface area contributed by atoms with Crippen LogP contribution in [0.25, 0.3) is 0 Å². The summed E-state index contributed by atoms with van der Waals surface area (Å²) in [6.45, 7) is 0. The number of ketones is 2. The summed E-state index contributed by atoms with van der Waals surface area (Å²) in [5.74, 6) is -4.80. The van der Waals surface area contributed by atoms with Gasteiger partial charge in [-0.2, -0.15) is 0 Å². The molecule has 0 aliphatic heterocycles. The van der Waals surface area contributed by atoms with Crippen molar-refractivity contribution in [3.8, 4) is 0 Å². The molecule has 0 amide bonds. The molecule has 2 aromatic carbocycles. The Hall–Kier alpha value is -3.68. The van der Waals surface area contributed by atoms with Gasteiger partial charge < -0.3 is 21.7 Å². The summed E-state index contributed by atoms with van der Waals surface area (Å²) in [5, 5.41) is 18.7. The SMILES string of the molecule is Nc1c(N)c2c(c(C(=O)O)c1C(=O)O)C(=O)c1ccccc1C2=O. The second-order valence-electron chi connectivity index (χ2n) is 5.14. The summed E-state index contributed by atoms with van der Waals surface area (Å²) >= 11 is 0. The lowest BCUT2D eigenvalue weighted by molar-refractivity contribution is 0.0650. The van der Waals surface area contributed by atoms with E-state index < -0.39 is 51.6 Å². The van der Waals surface area contributed by atoms with Gasteiger partial charge in [0, 0.05) is 11.1 Å². The maximum atomic E-state index is 12.7. The fourth-order valence-electron chi connectivity index (χ4n) is 2.84. The molecule has 0 unspecified atom stereocenters. The first-order chi connectivity index (χ1) is 11.3. The first-order valence-corrected chi connectivity index (χ1v) is 6.67. The predicted molar refractivity (Wildman–Crippen MR) is 82.5 cm³/mol. The van der Waals surface area contributed by atoms with E-state index in [2.05, 4.69) is 0 Å². The zero-order chi connectivity index (χ0) is 17.8. The molecule has 6 N–H and O–H groups in total. The van der Waals surface area contributed by atoms with Crippen molar-refractivity contribution in [2.45, 2.75) is 0 Å². The normalized spacial score (nSPS) is 12.5. The van der Waals surface area contributed by atoms with Crippen LogP contribution in [-0.2, 0) is 0 Å². The summed E-state index contributed by atoms with van der Waals surface area (Å²) in [4.78, 5) is 48.4. The van der Waals surface area contributed by atoms with E-state index in [1.54, 1.807) is 0 Å². The third kappa shape index (κ3) is 1.80. The van der Waals surface area contributed by atoms with Crippen molar-refractivity contribution >= 4 is 34.9 Å². The standard InChI is InChI=1S/C16H10N2O6/c17-11-9-7(8(15(21)22)10(12(11)18)16(23)24)13(19)5-3-1-2-4-6(5)14(9)20/h1-4H,17-18H2,(H,21,22)(H,23,24). The number of nitrogen functional groups attached to an aromatic ring is 2. The second kappa shape index (κ2) is 4.92. The highest BCUT2D eigenvalue weighted by Gasteiger charge is 2.39. The number of nitrogens with two attached hydrogens (primary N) is 2. The number of carboxylic acid groups (broad SMARTS) is 2. The van der Waals surface area contributed by atoms with Crippen molar-refractivity contribution in [2.24, 2.45) is 0 Å². The van der Waals surface area contributed by atoms with Crippen LogP contribution in [0.15, 0.2) is 24.3 Å². The average molecular weight is 326 g/mol. The zero-order valence-corrected chi connectivity index (χ0v) is 12.0. The Morgan fingerprint density at radius 3 is 1.67 bits per heavy atom. The van der Waals surface area contributed by atoms with Crippen molar-refractivity contribution < 1.29 is 29.4 Å². The minimum Gasteiger partial charge on any atom is -0.478 e. The molecule has 0 radical (unpaired) electrons. The molecular weight excluding hydrogens is 316 g/mol. The highest BCUT2D eigenvalue weighted by atomic mass is 16.4. The number of hydrogen-bond acceptors (Lipinski definition) is 6. The molecule has 3 rings (SSSR count). The molecule has 2 aromatic rings. The van der Waals surface area contributed by atoms with Gasteiger partial charge in [0.2, 0.25) is 0 Å². The molecule has 1 aliphatic carbocycles. The molecule has 8 nitrogen and oxygen atoms in total. The maximum Gasteiger partial charge on any atom is 0.338 e. The van der Waals surface area contributed by atoms with Gasteiger partial charge in [-0.1, -0.05) is 24.3 Å². The van der Waals surface area contributed by atoms with Crippen LogP contribution < -0.4 is 11.5 Å². The van der Waals surface area contributed by atoms with Crippen molar-refractivity contribution in [2.75, 3.05) is 11.5 Å². The van der Waals surface area contributed by atoms with Crippen LogP contribution in [0, 0.1) is 0 Å². The molecule has 0 atom stereocenters. The summed E-state index contributed by atoms with van der Waals surface area (Å²) in [7, 11) is 0. The Morgan fingerprint density at radius 2 is 1.21 bits per heavy atom. The Labute approximate surface area is 134 Å². The van der Waals surface area contributed by atoms with Gasteiger partial charge in [-0.3, -0.25) is 9.59 Å². The van der Waals surface area contributed by atoms with Crippen LogP contribution in [-0.4, -0.2) is 33.7 Å². The largest absolute Gasteiger partial charge is 0.478 e. The van der Waals surface area contributed by atoms with E-state index in [9.17, 15) is 29.4 Å². The Morgan fingerprint density at radius 1 is 0.750 bits per heavy atom. The molecule has 0 fully saturated rings. The molecule has 1 aliphatic rings. The van der Waals surface area contributed by atoms with E-state index in [0.29, 0.717) is 0 Å². The van der Waals surface area contributed by atoms with Crippen LogP contribution in [0.2, 0.25) is 0 Å². The van der Waals surface area contributed by atoms with Crippen LogP contribution >= 0.6 is 0 Å². The number of aromatic carboxylic acids is 2. The smallest absolute Gasteiger partial charge is 0.338 e. The topological polar surface area (TPSA) is 161 Å². The van der Waals surface area contributed by atoms with Gasteiger partial charge in [-0.25, -0.2) is 9.59 Å². The number of carbonyl (C=O) groups is 4. The average Bonchev–Trinajstić information content (AvgIpc) is 2.53. The lowest BCUT2D eigenvalue weighted by atomic mass is 9.79. The molecule has 0 bridgehead atoms. The fraction of sp³-hybridized carbons (Fsp3) is 0. The lowest BCUT2D eigenvalue weighted by Crippen LogP contribution is -2.28. The fourth-order valence-corrected chi connectivity index (χ4v) is 2.84. The van der Waals surface area contributed by atoms with Gasteiger partial charge in [0.15, 0.2) is 11.6 Å². The van der Waals surface area contributed by atoms with Crippen LogP contribution in [0.4, 0.5) is 11.4 Å². The monoisotopic (exact) mass is 326 g/mol. The molecule has 120 valence electrons. The van der Waals surface area contributed by atoms with E-state index in [1.165, 1.54) is 24.3 Å². The number of hydrogen-bond donors (Lipinski definition) is 4. The maximum absolute atomic E-state index is 12.7. The minimum absolute atomic E-state index is 0.0157. The van der Waals surface area contributed by atoms with Gasteiger partial charge in [-0.05, 0) is 0 Å². The van der Waals surface area contributed by atoms with Gasteiger partial charge in [0.1, 0.15) is 0 Å². The number of fused-ring (bicyclic) bond motifs is 2. The third-order valence-corrected chi connectivity index (χ3v) is 3.88. The quantitative estimate of drug-likeness (QED) is 0.507. The first kappa shape index (κ1) is 15.2. The Bertz CT molecular complexity index is 977. The van der Waals surface area contributed by atoms with E-state index in [1.807, 2.05) is 0 Å².